The van der Waals surface area contributed by atoms with Crippen molar-refractivity contribution in [2.45, 2.75) is 0 Å². The Hall–Kier alpha value is -4.82. The van der Waals surface area contributed by atoms with E-state index in [-0.39, 0.29) is 55.6 Å². The van der Waals surface area contributed by atoms with Gasteiger partial charge in [0, 0.05) is 16.8 Å². The second-order valence-corrected chi connectivity index (χ2v) is 10.9. The van der Waals surface area contributed by atoms with Gasteiger partial charge in [-0.3, -0.25) is 9.59 Å². The van der Waals surface area contributed by atoms with E-state index in [4.69, 9.17) is 45.3 Å². The number of nitrogens with two attached hydrogens (primary N) is 1. The number of Topliss-reactive ketones (excluding diaryl/α,β-unsaturated/α-hetero) is 1. The molecule has 0 aliphatic rings. The molecule has 7 nitrogen and oxygen atoms in total. The zero-order valence-corrected chi connectivity index (χ0v) is 25.1. The highest BCUT2D eigenvalue weighted by Gasteiger charge is 2.22. The fourth-order valence-corrected chi connectivity index (χ4v) is 5.39. The molecule has 0 aromatic heterocycles. The van der Waals surface area contributed by atoms with E-state index in [1.807, 2.05) is 30.3 Å². The fourth-order valence-electron chi connectivity index (χ4n) is 4.53. The Morgan fingerprint density at radius 2 is 1.43 bits per heavy atom. The predicted octanol–water partition coefficient (Wildman–Crippen LogP) is 8.38. The van der Waals surface area contributed by atoms with E-state index in [9.17, 15) is 19.5 Å². The number of hydrogen-bond acceptors (Lipinski definition) is 5. The molecule has 1 amide bonds. The largest absolute Gasteiger partial charge is 0.489 e. The highest BCUT2D eigenvalue weighted by molar-refractivity contribution is 6.38. The standard InChI is InChI=1S/C34H23Cl3N2O5/c35-27-9-4-10-28(36)30(27)31(38)26(32(40)21-12-11-19-5-1-2-6-20(19)15-21)18-44-24-13-14-25(29(37)17-24)33(41)39-23-8-3-7-22(16-23)34(42)43/h1-17H,18,38H2,(H,39,41)(H,42,43). The number of carbonyl (C=O) groups is 3. The normalized spacial score (nSPS) is 11.5. The number of carboxylic acids is 1. The van der Waals surface area contributed by atoms with Crippen LogP contribution in [0.25, 0.3) is 16.5 Å². The fraction of sp³-hybridized carbons (Fsp3) is 0.0294. The summed E-state index contributed by atoms with van der Waals surface area (Å²) in [5.41, 5.74) is 7.87. The van der Waals surface area contributed by atoms with Crippen LogP contribution in [0.1, 0.15) is 36.6 Å². The van der Waals surface area contributed by atoms with Crippen LogP contribution in [0.2, 0.25) is 15.1 Å². The van der Waals surface area contributed by atoms with Crippen LogP contribution in [0.4, 0.5) is 5.69 Å². The topological polar surface area (TPSA) is 119 Å². The quantitative estimate of drug-likeness (QED) is 0.109. The molecule has 0 aliphatic heterocycles. The van der Waals surface area contributed by atoms with Crippen molar-refractivity contribution in [1.82, 2.24) is 0 Å². The number of halogens is 3. The number of anilines is 1. The first kappa shape index (κ1) is 30.6. The lowest BCUT2D eigenvalue weighted by Gasteiger charge is -2.16. The van der Waals surface area contributed by atoms with E-state index in [1.54, 1.807) is 36.4 Å². The second kappa shape index (κ2) is 13.2. The summed E-state index contributed by atoms with van der Waals surface area (Å²) in [5.74, 6) is -1.78. The highest BCUT2D eigenvalue weighted by Crippen LogP contribution is 2.32. The zero-order chi connectivity index (χ0) is 31.4. The molecule has 0 heterocycles. The number of ketones is 1. The summed E-state index contributed by atoms with van der Waals surface area (Å²) in [6.07, 6.45) is 0. The molecule has 0 spiro atoms. The number of nitrogens with one attached hydrogen (secondary N) is 1. The molecular formula is C34H23Cl3N2O5. The third-order valence-corrected chi connectivity index (χ3v) is 7.72. The van der Waals surface area contributed by atoms with Crippen molar-refractivity contribution in [1.29, 1.82) is 0 Å². The number of hydrogen-bond donors (Lipinski definition) is 3. The third-order valence-electron chi connectivity index (χ3n) is 6.78. The second-order valence-electron chi connectivity index (χ2n) is 9.65. The molecule has 10 heteroatoms. The van der Waals surface area contributed by atoms with Crippen LogP contribution >= 0.6 is 34.8 Å². The molecule has 0 fully saturated rings. The van der Waals surface area contributed by atoms with Crippen LogP contribution in [-0.2, 0) is 0 Å². The number of amides is 1. The summed E-state index contributed by atoms with van der Waals surface area (Å²) in [6.45, 7) is -0.261. The number of rotatable bonds is 9. The smallest absolute Gasteiger partial charge is 0.335 e. The Bertz CT molecular complexity index is 1950. The van der Waals surface area contributed by atoms with Gasteiger partial charge < -0.3 is 20.9 Å². The van der Waals surface area contributed by atoms with Crippen molar-refractivity contribution in [3.63, 3.8) is 0 Å². The van der Waals surface area contributed by atoms with Crippen LogP contribution in [0, 0.1) is 0 Å². The Labute approximate surface area is 267 Å². The number of carboxylic acid groups (broad SMARTS) is 1. The molecule has 0 aliphatic carbocycles. The maximum Gasteiger partial charge on any atom is 0.335 e. The molecule has 0 unspecified atom stereocenters. The number of fused-ring (bicyclic) bond motifs is 1. The molecule has 4 N–H and O–H groups in total. The minimum absolute atomic E-state index is 0.0251. The van der Waals surface area contributed by atoms with Gasteiger partial charge in [-0.25, -0.2) is 4.79 Å². The van der Waals surface area contributed by atoms with E-state index in [1.165, 1.54) is 36.4 Å². The monoisotopic (exact) mass is 644 g/mol. The number of benzene rings is 5. The average molecular weight is 646 g/mol. The van der Waals surface area contributed by atoms with Crippen LogP contribution < -0.4 is 15.8 Å². The summed E-state index contributed by atoms with van der Waals surface area (Å²) in [5, 5.41) is 14.3. The molecule has 0 saturated carbocycles. The SMILES string of the molecule is NC(=C(COc1ccc(C(=O)Nc2cccc(C(=O)O)c2)c(Cl)c1)C(=O)c1ccc2ccccc2c1)c1c(Cl)cccc1Cl. The van der Waals surface area contributed by atoms with Gasteiger partial charge in [0.2, 0.25) is 0 Å². The third kappa shape index (κ3) is 6.71. The molecular weight excluding hydrogens is 623 g/mol. The van der Waals surface area contributed by atoms with Gasteiger partial charge in [0.1, 0.15) is 12.4 Å². The van der Waals surface area contributed by atoms with Crippen molar-refractivity contribution in [3.05, 3.63) is 146 Å². The zero-order valence-electron chi connectivity index (χ0n) is 22.8. The van der Waals surface area contributed by atoms with Gasteiger partial charge in [-0.1, -0.05) is 83.3 Å². The van der Waals surface area contributed by atoms with E-state index >= 15 is 0 Å². The van der Waals surface area contributed by atoms with Crippen LogP contribution in [0.3, 0.4) is 0 Å². The van der Waals surface area contributed by atoms with Gasteiger partial charge in [0.25, 0.3) is 5.91 Å². The Morgan fingerprint density at radius 1 is 0.727 bits per heavy atom. The van der Waals surface area contributed by atoms with Crippen LogP contribution in [-0.4, -0.2) is 29.4 Å². The Balaban J connectivity index is 1.43. The highest BCUT2D eigenvalue weighted by atomic mass is 35.5. The first-order chi connectivity index (χ1) is 21.1. The van der Waals surface area contributed by atoms with Crippen molar-refractivity contribution < 1.29 is 24.2 Å². The molecule has 220 valence electrons. The molecule has 0 saturated heterocycles. The summed E-state index contributed by atoms with van der Waals surface area (Å²) >= 11 is 19.3. The van der Waals surface area contributed by atoms with Crippen molar-refractivity contribution in [2.24, 2.45) is 5.73 Å². The number of carbonyl (C=O) groups excluding carboxylic acids is 2. The summed E-state index contributed by atoms with van der Waals surface area (Å²) in [4.78, 5) is 38.0. The van der Waals surface area contributed by atoms with Gasteiger partial charge >= 0.3 is 5.97 Å². The summed E-state index contributed by atoms with van der Waals surface area (Å²) < 4.78 is 5.97. The minimum atomic E-state index is -1.12. The molecule has 5 aromatic rings. The lowest BCUT2D eigenvalue weighted by molar-refractivity contribution is 0.0696. The lowest BCUT2D eigenvalue weighted by atomic mass is 9.97. The Morgan fingerprint density at radius 3 is 2.14 bits per heavy atom. The van der Waals surface area contributed by atoms with Crippen LogP contribution in [0.15, 0.2) is 109 Å². The van der Waals surface area contributed by atoms with Crippen molar-refractivity contribution in [2.75, 3.05) is 11.9 Å². The number of aromatic carboxylic acids is 1. The summed E-state index contributed by atoms with van der Waals surface area (Å²) in [7, 11) is 0. The average Bonchev–Trinajstić information content (AvgIpc) is 3.00. The maximum absolute atomic E-state index is 13.9. The number of ether oxygens (including phenoxy) is 1. The predicted molar refractivity (Wildman–Crippen MR) is 174 cm³/mol. The van der Waals surface area contributed by atoms with Crippen molar-refractivity contribution >= 4 is 74.6 Å². The first-order valence-electron chi connectivity index (χ1n) is 13.2. The van der Waals surface area contributed by atoms with Crippen LogP contribution in [0.5, 0.6) is 5.75 Å². The molecule has 0 bridgehead atoms. The molecule has 5 aromatic carbocycles. The summed E-state index contributed by atoms with van der Waals surface area (Å²) in [6, 6.07) is 28.1. The van der Waals surface area contributed by atoms with E-state index in [0.29, 0.717) is 16.8 Å². The van der Waals surface area contributed by atoms with Crippen molar-refractivity contribution in [3.8, 4) is 5.75 Å². The minimum Gasteiger partial charge on any atom is -0.489 e. The van der Waals surface area contributed by atoms with Gasteiger partial charge in [0.15, 0.2) is 5.78 Å². The van der Waals surface area contributed by atoms with Gasteiger partial charge in [-0.05, 0) is 65.4 Å². The maximum atomic E-state index is 13.9. The Kier molecular flexibility index (Phi) is 9.20. The van der Waals surface area contributed by atoms with Gasteiger partial charge in [0.05, 0.1) is 37.5 Å². The molecule has 5 rings (SSSR count). The van der Waals surface area contributed by atoms with Gasteiger partial charge in [-0.2, -0.15) is 0 Å². The molecule has 0 radical (unpaired) electrons. The van der Waals surface area contributed by atoms with E-state index in [2.05, 4.69) is 5.32 Å². The van der Waals surface area contributed by atoms with Gasteiger partial charge in [-0.15, -0.1) is 0 Å². The molecule has 44 heavy (non-hydrogen) atoms. The first-order valence-corrected chi connectivity index (χ1v) is 14.3. The van der Waals surface area contributed by atoms with E-state index in [0.717, 1.165) is 10.8 Å². The van der Waals surface area contributed by atoms with E-state index < -0.39 is 11.9 Å². The molecule has 0 atom stereocenters. The lowest BCUT2D eigenvalue weighted by Crippen LogP contribution is -2.18.